The number of amides is 1. The summed E-state index contributed by atoms with van der Waals surface area (Å²) in [4.78, 5) is 21.0. The molecule has 2 aliphatic heterocycles. The van der Waals surface area contributed by atoms with Gasteiger partial charge in [-0.2, -0.15) is 9.29 Å². The number of carbonyl (C=O) groups excluding carboxylic acids is 1. The SMILES string of the molecule is CC(C)N1CCN(C(=O)CCc2nc(C3CCCN3S(C)(=O)=O)no2)CC1. The lowest BCUT2D eigenvalue weighted by atomic mass is 10.2. The molecule has 152 valence electrons. The lowest BCUT2D eigenvalue weighted by Gasteiger charge is -2.36. The molecule has 1 aromatic heterocycles. The van der Waals surface area contributed by atoms with Crippen molar-refractivity contribution in [2.75, 3.05) is 39.0 Å². The van der Waals surface area contributed by atoms with E-state index in [1.54, 1.807) is 0 Å². The highest BCUT2D eigenvalue weighted by molar-refractivity contribution is 7.88. The maximum atomic E-state index is 12.4. The fourth-order valence-electron chi connectivity index (χ4n) is 3.76. The van der Waals surface area contributed by atoms with Crippen LogP contribution in [-0.4, -0.2) is 83.6 Å². The molecule has 0 N–H and O–H groups in total. The van der Waals surface area contributed by atoms with E-state index in [-0.39, 0.29) is 11.9 Å². The van der Waals surface area contributed by atoms with Crippen molar-refractivity contribution >= 4 is 15.9 Å². The number of carbonyl (C=O) groups is 1. The van der Waals surface area contributed by atoms with E-state index < -0.39 is 10.0 Å². The number of hydrogen-bond donors (Lipinski definition) is 0. The second-order valence-electron chi connectivity index (χ2n) is 7.59. The first kappa shape index (κ1) is 20.2. The van der Waals surface area contributed by atoms with Gasteiger partial charge in [0.15, 0.2) is 5.82 Å². The molecule has 1 unspecified atom stereocenters. The van der Waals surface area contributed by atoms with Gasteiger partial charge in [0.25, 0.3) is 0 Å². The zero-order valence-electron chi connectivity index (χ0n) is 16.3. The summed E-state index contributed by atoms with van der Waals surface area (Å²) in [6.07, 6.45) is 3.36. The van der Waals surface area contributed by atoms with Crippen LogP contribution in [-0.2, 0) is 21.2 Å². The molecule has 3 rings (SSSR count). The lowest BCUT2D eigenvalue weighted by molar-refractivity contribution is -0.133. The van der Waals surface area contributed by atoms with Crippen molar-refractivity contribution < 1.29 is 17.7 Å². The first-order valence-corrected chi connectivity index (χ1v) is 11.4. The fraction of sp³-hybridized carbons (Fsp3) is 0.824. The Bertz CT molecular complexity index is 755. The fourth-order valence-corrected chi connectivity index (χ4v) is 4.88. The van der Waals surface area contributed by atoms with E-state index in [0.717, 1.165) is 32.6 Å². The van der Waals surface area contributed by atoms with Gasteiger partial charge in [-0.1, -0.05) is 5.16 Å². The number of sulfonamides is 1. The number of rotatable bonds is 6. The maximum Gasteiger partial charge on any atom is 0.227 e. The average molecular weight is 400 g/mol. The van der Waals surface area contributed by atoms with E-state index in [4.69, 9.17) is 4.52 Å². The normalized spacial score (nSPS) is 22.7. The van der Waals surface area contributed by atoms with Crippen LogP contribution in [0.25, 0.3) is 0 Å². The zero-order valence-corrected chi connectivity index (χ0v) is 17.1. The van der Waals surface area contributed by atoms with E-state index in [1.165, 1.54) is 10.6 Å². The minimum absolute atomic E-state index is 0.0942. The molecule has 0 bridgehead atoms. The molecule has 0 spiro atoms. The van der Waals surface area contributed by atoms with Crippen molar-refractivity contribution in [3.8, 4) is 0 Å². The Balaban J connectivity index is 1.52. The van der Waals surface area contributed by atoms with Crippen molar-refractivity contribution in [1.82, 2.24) is 24.2 Å². The monoisotopic (exact) mass is 399 g/mol. The predicted molar refractivity (Wildman–Crippen MR) is 99.4 cm³/mol. The van der Waals surface area contributed by atoms with Gasteiger partial charge < -0.3 is 9.42 Å². The molecule has 2 saturated heterocycles. The standard InChI is InChI=1S/C17H29N5O4S/c1-13(2)20-9-11-21(12-10-20)16(23)7-6-15-18-17(19-26-15)14-5-4-8-22(14)27(3,24)25/h13-14H,4-12H2,1-3H3. The molecule has 9 nitrogen and oxygen atoms in total. The summed E-state index contributed by atoms with van der Waals surface area (Å²) in [5.41, 5.74) is 0. The second kappa shape index (κ2) is 8.24. The summed E-state index contributed by atoms with van der Waals surface area (Å²) in [5.74, 6) is 0.877. The van der Waals surface area contributed by atoms with Gasteiger partial charge in [0.1, 0.15) is 0 Å². The molecule has 0 aromatic carbocycles. The third-order valence-corrected chi connectivity index (χ3v) is 6.65. The van der Waals surface area contributed by atoms with Gasteiger partial charge in [-0.3, -0.25) is 9.69 Å². The van der Waals surface area contributed by atoms with Crippen LogP contribution in [0.2, 0.25) is 0 Å². The van der Waals surface area contributed by atoms with Gasteiger partial charge in [0.2, 0.25) is 21.8 Å². The third-order valence-electron chi connectivity index (χ3n) is 5.36. The number of aromatic nitrogens is 2. The number of nitrogens with zero attached hydrogens (tertiary/aromatic N) is 5. The minimum Gasteiger partial charge on any atom is -0.340 e. The summed E-state index contributed by atoms with van der Waals surface area (Å²) in [5, 5.41) is 3.96. The highest BCUT2D eigenvalue weighted by Crippen LogP contribution is 2.32. The molecule has 10 heteroatoms. The van der Waals surface area contributed by atoms with Crippen molar-refractivity contribution in [1.29, 1.82) is 0 Å². The Kier molecular flexibility index (Phi) is 6.17. The van der Waals surface area contributed by atoms with Gasteiger partial charge in [-0.05, 0) is 26.7 Å². The van der Waals surface area contributed by atoms with Gasteiger partial charge in [-0.25, -0.2) is 8.42 Å². The molecule has 1 aromatic rings. The van der Waals surface area contributed by atoms with E-state index in [0.29, 0.717) is 43.6 Å². The maximum absolute atomic E-state index is 12.4. The van der Waals surface area contributed by atoms with E-state index >= 15 is 0 Å². The van der Waals surface area contributed by atoms with Gasteiger partial charge >= 0.3 is 0 Å². The number of piperazine rings is 1. The van der Waals surface area contributed by atoms with Crippen LogP contribution in [0.5, 0.6) is 0 Å². The Labute approximate surface area is 160 Å². The van der Waals surface area contributed by atoms with Crippen LogP contribution >= 0.6 is 0 Å². The summed E-state index contributed by atoms with van der Waals surface area (Å²) in [6, 6.07) is 0.137. The first-order valence-electron chi connectivity index (χ1n) is 9.57. The number of aryl methyl sites for hydroxylation is 1. The Morgan fingerprint density at radius 1 is 1.22 bits per heavy atom. The largest absolute Gasteiger partial charge is 0.340 e. The van der Waals surface area contributed by atoms with Crippen LogP contribution in [0, 0.1) is 0 Å². The van der Waals surface area contributed by atoms with Crippen LogP contribution in [0.15, 0.2) is 4.52 Å². The smallest absolute Gasteiger partial charge is 0.227 e. The van der Waals surface area contributed by atoms with Crippen LogP contribution < -0.4 is 0 Å². The quantitative estimate of drug-likeness (QED) is 0.692. The Morgan fingerprint density at radius 2 is 1.93 bits per heavy atom. The van der Waals surface area contributed by atoms with Gasteiger partial charge in [0, 0.05) is 51.6 Å². The first-order chi connectivity index (χ1) is 12.8. The molecule has 0 saturated carbocycles. The molecule has 2 aliphatic rings. The van der Waals surface area contributed by atoms with Crippen LogP contribution in [0.4, 0.5) is 0 Å². The highest BCUT2D eigenvalue weighted by atomic mass is 32.2. The number of hydrogen-bond acceptors (Lipinski definition) is 7. The molecular weight excluding hydrogens is 370 g/mol. The summed E-state index contributed by atoms with van der Waals surface area (Å²) in [7, 11) is -3.29. The summed E-state index contributed by atoms with van der Waals surface area (Å²) >= 11 is 0. The van der Waals surface area contributed by atoms with Gasteiger partial charge in [0.05, 0.1) is 12.3 Å². The zero-order chi connectivity index (χ0) is 19.6. The molecule has 1 atom stereocenters. The van der Waals surface area contributed by atoms with E-state index in [2.05, 4.69) is 28.9 Å². The summed E-state index contributed by atoms with van der Waals surface area (Å²) < 4.78 is 30.4. The molecule has 27 heavy (non-hydrogen) atoms. The predicted octanol–water partition coefficient (Wildman–Crippen LogP) is 0.651. The van der Waals surface area contributed by atoms with E-state index in [1.807, 2.05) is 4.90 Å². The minimum atomic E-state index is -3.29. The topological polar surface area (TPSA) is 99.8 Å². The third kappa shape index (κ3) is 4.85. The lowest BCUT2D eigenvalue weighted by Crippen LogP contribution is -2.50. The van der Waals surface area contributed by atoms with Crippen molar-refractivity contribution in [2.45, 2.75) is 51.6 Å². The van der Waals surface area contributed by atoms with Crippen LogP contribution in [0.3, 0.4) is 0 Å². The van der Waals surface area contributed by atoms with Crippen molar-refractivity contribution in [3.63, 3.8) is 0 Å². The highest BCUT2D eigenvalue weighted by Gasteiger charge is 2.35. The molecule has 0 aliphatic carbocycles. The van der Waals surface area contributed by atoms with Gasteiger partial charge in [-0.15, -0.1) is 0 Å². The van der Waals surface area contributed by atoms with Crippen molar-refractivity contribution in [3.05, 3.63) is 11.7 Å². The Hall–Kier alpha value is -1.52. The average Bonchev–Trinajstić information content (AvgIpc) is 3.28. The Morgan fingerprint density at radius 3 is 2.56 bits per heavy atom. The molecule has 0 radical (unpaired) electrons. The van der Waals surface area contributed by atoms with E-state index in [9.17, 15) is 13.2 Å². The summed E-state index contributed by atoms with van der Waals surface area (Å²) in [6.45, 7) is 8.11. The molecule has 2 fully saturated rings. The molecular formula is C17H29N5O4S. The van der Waals surface area contributed by atoms with Crippen LogP contribution in [0.1, 0.15) is 50.9 Å². The second-order valence-corrected chi connectivity index (χ2v) is 9.52. The van der Waals surface area contributed by atoms with Crippen molar-refractivity contribution in [2.24, 2.45) is 0 Å². The molecule has 3 heterocycles. The molecule has 1 amide bonds.